The highest BCUT2D eigenvalue weighted by atomic mass is 16.4. The molecular weight excluding hydrogens is 326 g/mol. The Morgan fingerprint density at radius 3 is 2.38 bits per heavy atom. The normalized spacial score (nSPS) is 12.0. The maximum Gasteiger partial charge on any atom is 0.326 e. The van der Waals surface area contributed by atoms with Gasteiger partial charge >= 0.3 is 5.97 Å². The van der Waals surface area contributed by atoms with E-state index in [1.165, 1.54) is 19.3 Å². The zero-order valence-corrected chi connectivity index (χ0v) is 15.5. The highest BCUT2D eigenvalue weighted by molar-refractivity contribution is 5.85. The van der Waals surface area contributed by atoms with Gasteiger partial charge in [0.05, 0.1) is 0 Å². The van der Waals surface area contributed by atoms with Gasteiger partial charge < -0.3 is 10.4 Å². The summed E-state index contributed by atoms with van der Waals surface area (Å²) in [7, 11) is 0. The Kier molecular flexibility index (Phi) is 8.13. The Morgan fingerprint density at radius 1 is 0.962 bits per heavy atom. The summed E-state index contributed by atoms with van der Waals surface area (Å²) in [5.74, 6) is -1.16. The number of rotatable bonds is 11. The molecule has 0 aromatic heterocycles. The fourth-order valence-electron chi connectivity index (χ4n) is 3.13. The first kappa shape index (κ1) is 20.0. The van der Waals surface area contributed by atoms with Gasteiger partial charge in [-0.3, -0.25) is 4.79 Å². The minimum Gasteiger partial charge on any atom is -0.480 e. The van der Waals surface area contributed by atoms with Crippen molar-refractivity contribution >= 4 is 22.6 Å². The van der Waals surface area contributed by atoms with E-state index in [-0.39, 0.29) is 5.91 Å². The van der Waals surface area contributed by atoms with Gasteiger partial charge in [0, 0.05) is 12.8 Å². The molecule has 0 radical (unpaired) electrons. The lowest BCUT2D eigenvalue weighted by Crippen LogP contribution is -2.42. The number of benzene rings is 2. The molecule has 0 aliphatic rings. The molecule has 2 aromatic rings. The van der Waals surface area contributed by atoms with E-state index in [9.17, 15) is 14.7 Å². The maximum atomic E-state index is 12.1. The van der Waals surface area contributed by atoms with Crippen LogP contribution in [0.3, 0.4) is 0 Å². The smallest absolute Gasteiger partial charge is 0.326 e. The quantitative estimate of drug-likeness (QED) is 0.574. The molecule has 0 fully saturated rings. The van der Waals surface area contributed by atoms with Crippen LogP contribution >= 0.6 is 0 Å². The van der Waals surface area contributed by atoms with E-state index in [4.69, 9.17) is 0 Å². The fourth-order valence-corrected chi connectivity index (χ4v) is 3.13. The van der Waals surface area contributed by atoms with Crippen LogP contribution in [-0.4, -0.2) is 23.0 Å². The Hall–Kier alpha value is -2.36. The van der Waals surface area contributed by atoms with Crippen LogP contribution in [0.4, 0.5) is 0 Å². The topological polar surface area (TPSA) is 66.4 Å². The second kappa shape index (κ2) is 10.6. The SMILES string of the molecule is CCCCCCCCC(=O)NC(Cc1ccc2ccccc2c1)C(=O)O. The summed E-state index contributed by atoms with van der Waals surface area (Å²) in [6.45, 7) is 2.18. The van der Waals surface area contributed by atoms with Crippen LogP contribution in [0.1, 0.15) is 57.4 Å². The third kappa shape index (κ3) is 6.51. The molecule has 140 valence electrons. The van der Waals surface area contributed by atoms with Gasteiger partial charge in [-0.15, -0.1) is 0 Å². The third-order valence-electron chi connectivity index (χ3n) is 4.64. The van der Waals surface area contributed by atoms with Gasteiger partial charge in [0.1, 0.15) is 6.04 Å². The fraction of sp³-hybridized carbons (Fsp3) is 0.455. The lowest BCUT2D eigenvalue weighted by atomic mass is 10.0. The largest absolute Gasteiger partial charge is 0.480 e. The highest BCUT2D eigenvalue weighted by Gasteiger charge is 2.20. The lowest BCUT2D eigenvalue weighted by molar-refractivity contribution is -0.141. The Balaban J connectivity index is 1.85. The molecule has 0 aliphatic carbocycles. The lowest BCUT2D eigenvalue weighted by Gasteiger charge is -2.15. The van der Waals surface area contributed by atoms with Crippen molar-refractivity contribution in [2.75, 3.05) is 0 Å². The standard InChI is InChI=1S/C22H29NO3/c1-2-3-4-5-6-7-12-21(24)23-20(22(25)26)16-17-13-14-18-10-8-9-11-19(18)15-17/h8-11,13-15,20H,2-7,12,16H2,1H3,(H,23,24)(H,25,26). The Morgan fingerprint density at radius 2 is 1.65 bits per heavy atom. The number of hydrogen-bond acceptors (Lipinski definition) is 2. The monoisotopic (exact) mass is 355 g/mol. The van der Waals surface area contributed by atoms with Crippen LogP contribution in [0.5, 0.6) is 0 Å². The van der Waals surface area contributed by atoms with Gasteiger partial charge in [0.2, 0.25) is 5.91 Å². The van der Waals surface area contributed by atoms with E-state index in [0.29, 0.717) is 12.8 Å². The van der Waals surface area contributed by atoms with Gasteiger partial charge in [-0.1, -0.05) is 81.5 Å². The number of carboxylic acids is 1. The van der Waals surface area contributed by atoms with Gasteiger partial charge in [0.25, 0.3) is 0 Å². The summed E-state index contributed by atoms with van der Waals surface area (Å²) in [6.07, 6.45) is 7.32. The first-order chi connectivity index (χ1) is 12.6. The van der Waals surface area contributed by atoms with Crippen molar-refractivity contribution < 1.29 is 14.7 Å². The maximum absolute atomic E-state index is 12.1. The molecule has 0 aliphatic heterocycles. The molecular formula is C22H29NO3. The van der Waals surface area contributed by atoms with Crippen molar-refractivity contribution in [1.82, 2.24) is 5.32 Å². The first-order valence-electron chi connectivity index (χ1n) is 9.60. The predicted molar refractivity (Wildman–Crippen MR) is 105 cm³/mol. The molecule has 2 N–H and O–H groups in total. The predicted octanol–water partition coefficient (Wildman–Crippen LogP) is 4.70. The van der Waals surface area contributed by atoms with Crippen molar-refractivity contribution in [2.24, 2.45) is 0 Å². The van der Waals surface area contributed by atoms with Gasteiger partial charge in [-0.25, -0.2) is 4.79 Å². The molecule has 1 atom stereocenters. The highest BCUT2D eigenvalue weighted by Crippen LogP contribution is 2.17. The average Bonchev–Trinajstić information content (AvgIpc) is 2.64. The van der Waals surface area contributed by atoms with E-state index in [0.717, 1.165) is 35.6 Å². The second-order valence-corrected chi connectivity index (χ2v) is 6.86. The number of unbranched alkanes of at least 4 members (excludes halogenated alkanes) is 5. The number of fused-ring (bicyclic) bond motifs is 1. The minimum atomic E-state index is -0.991. The summed E-state index contributed by atoms with van der Waals surface area (Å²) in [5.41, 5.74) is 0.913. The third-order valence-corrected chi connectivity index (χ3v) is 4.64. The number of hydrogen-bond donors (Lipinski definition) is 2. The van der Waals surface area contributed by atoms with Crippen LogP contribution in [0.25, 0.3) is 10.8 Å². The van der Waals surface area contributed by atoms with E-state index in [1.807, 2.05) is 42.5 Å². The number of carboxylic acid groups (broad SMARTS) is 1. The number of aliphatic carboxylic acids is 1. The zero-order chi connectivity index (χ0) is 18.8. The van der Waals surface area contributed by atoms with Crippen LogP contribution < -0.4 is 5.32 Å². The molecule has 4 heteroatoms. The van der Waals surface area contributed by atoms with Crippen LogP contribution in [0.15, 0.2) is 42.5 Å². The molecule has 0 heterocycles. The molecule has 0 bridgehead atoms. The molecule has 2 rings (SSSR count). The van der Waals surface area contributed by atoms with E-state index >= 15 is 0 Å². The molecule has 1 amide bonds. The molecule has 26 heavy (non-hydrogen) atoms. The summed E-state index contributed by atoms with van der Waals surface area (Å²) >= 11 is 0. The molecule has 0 spiro atoms. The number of nitrogens with one attached hydrogen (secondary N) is 1. The van der Waals surface area contributed by atoms with E-state index in [1.54, 1.807) is 0 Å². The molecule has 0 saturated heterocycles. The number of carbonyl (C=O) groups is 2. The molecule has 1 unspecified atom stereocenters. The average molecular weight is 355 g/mol. The van der Waals surface area contributed by atoms with Crippen LogP contribution in [-0.2, 0) is 16.0 Å². The number of carbonyl (C=O) groups excluding carboxylic acids is 1. The second-order valence-electron chi connectivity index (χ2n) is 6.86. The van der Waals surface area contributed by atoms with Crippen LogP contribution in [0, 0.1) is 0 Å². The van der Waals surface area contributed by atoms with Gasteiger partial charge in [-0.05, 0) is 22.8 Å². The van der Waals surface area contributed by atoms with Gasteiger partial charge in [-0.2, -0.15) is 0 Å². The molecule has 0 saturated carbocycles. The Bertz CT molecular complexity index is 726. The minimum absolute atomic E-state index is 0.173. The van der Waals surface area contributed by atoms with Crippen molar-refractivity contribution in [1.29, 1.82) is 0 Å². The van der Waals surface area contributed by atoms with Crippen molar-refractivity contribution in [3.63, 3.8) is 0 Å². The zero-order valence-electron chi connectivity index (χ0n) is 15.5. The Labute approximate surface area is 155 Å². The number of amides is 1. The van der Waals surface area contributed by atoms with E-state index < -0.39 is 12.0 Å². The van der Waals surface area contributed by atoms with Crippen molar-refractivity contribution in [2.45, 2.75) is 64.3 Å². The summed E-state index contributed by atoms with van der Waals surface area (Å²) in [4.78, 5) is 23.6. The van der Waals surface area contributed by atoms with E-state index in [2.05, 4.69) is 12.2 Å². The summed E-state index contributed by atoms with van der Waals surface area (Å²) in [5, 5.41) is 14.3. The first-order valence-corrected chi connectivity index (χ1v) is 9.60. The summed E-state index contributed by atoms with van der Waals surface area (Å²) in [6, 6.07) is 13.0. The van der Waals surface area contributed by atoms with Crippen molar-refractivity contribution in [3.8, 4) is 0 Å². The van der Waals surface area contributed by atoms with Gasteiger partial charge in [0.15, 0.2) is 0 Å². The molecule has 2 aromatic carbocycles. The molecule has 4 nitrogen and oxygen atoms in total. The summed E-state index contributed by atoms with van der Waals surface area (Å²) < 4.78 is 0. The van der Waals surface area contributed by atoms with Crippen molar-refractivity contribution in [3.05, 3.63) is 48.0 Å². The van der Waals surface area contributed by atoms with Crippen LogP contribution in [0.2, 0.25) is 0 Å².